The van der Waals surface area contributed by atoms with Crippen molar-refractivity contribution < 1.29 is 18.3 Å². The highest BCUT2D eigenvalue weighted by molar-refractivity contribution is 9.08. The molecule has 1 aromatic rings. The Morgan fingerprint density at radius 2 is 1.61 bits per heavy atom. The van der Waals surface area contributed by atoms with Crippen LogP contribution < -0.4 is 0 Å². The van der Waals surface area contributed by atoms with Crippen molar-refractivity contribution in [3.63, 3.8) is 0 Å². The first kappa shape index (κ1) is 15.4. The smallest absolute Gasteiger partial charge is 0.271 e. The average Bonchev–Trinajstić information content (AvgIpc) is 2.27. The minimum atomic E-state index is -2.66. The van der Waals surface area contributed by atoms with Gasteiger partial charge in [-0.3, -0.25) is 9.88 Å². The monoisotopic (exact) mass is 352 g/mol. The third kappa shape index (κ3) is 5.83. The summed E-state index contributed by atoms with van der Waals surface area (Å²) in [5.74, 6) is 0. The van der Waals surface area contributed by atoms with Crippen molar-refractivity contribution >= 4 is 31.3 Å². The van der Waals surface area contributed by atoms with Crippen molar-refractivity contribution in [1.82, 2.24) is 9.88 Å². The summed E-state index contributed by atoms with van der Waals surface area (Å²) >= 11 is 3.27. The average molecular weight is 353 g/mol. The molecular weight excluding hydrogens is 342 g/mol. The Labute approximate surface area is 114 Å². The Balaban J connectivity index is 2.80. The van der Waals surface area contributed by atoms with Gasteiger partial charge in [-0.15, -0.1) is 0 Å². The number of hydrogen-bond acceptors (Lipinski definition) is 6. The van der Waals surface area contributed by atoms with Crippen molar-refractivity contribution in [2.24, 2.45) is 0 Å². The first-order valence-corrected chi connectivity index (χ1v) is 8.82. The Bertz CT molecular complexity index is 505. The van der Waals surface area contributed by atoms with Crippen LogP contribution in [-0.2, 0) is 30.1 Å². The minimum absolute atomic E-state index is 0.188. The molecule has 0 aromatic carbocycles. The molecular formula is C9H11BrN2O4P2. The molecule has 0 aliphatic heterocycles. The van der Waals surface area contributed by atoms with E-state index in [2.05, 4.69) is 20.9 Å². The van der Waals surface area contributed by atoms with E-state index in [1.807, 2.05) is 6.07 Å². The number of aromatic nitrogens is 1. The summed E-state index contributed by atoms with van der Waals surface area (Å²) in [6.45, 7) is 0.188. The fourth-order valence-electron chi connectivity index (χ4n) is 1.39. The van der Waals surface area contributed by atoms with E-state index in [9.17, 15) is 18.3 Å². The summed E-state index contributed by atoms with van der Waals surface area (Å²) in [5, 5.41) is 0.590. The lowest BCUT2D eigenvalue weighted by molar-refractivity contribution is 0.338. The molecule has 6 nitrogen and oxygen atoms in total. The van der Waals surface area contributed by atoms with Gasteiger partial charge in [-0.2, -0.15) is 0 Å². The third-order valence-corrected chi connectivity index (χ3v) is 3.85. The quantitative estimate of drug-likeness (QED) is 0.553. The lowest BCUT2D eigenvalue weighted by atomic mass is 10.3. The molecule has 1 rings (SSSR count). The van der Waals surface area contributed by atoms with Gasteiger partial charge in [-0.25, -0.2) is 18.3 Å². The predicted octanol–water partition coefficient (Wildman–Crippen LogP) is 3.04. The second-order valence-corrected chi connectivity index (χ2v) is 5.99. The van der Waals surface area contributed by atoms with E-state index in [4.69, 9.17) is 0 Å². The number of nitrogens with zero attached hydrogens (tertiary/aromatic N) is 2. The fourth-order valence-corrected chi connectivity index (χ4v) is 2.92. The Hall–Kier alpha value is -0.610. The second kappa shape index (κ2) is 7.74. The molecule has 1 heterocycles. The Kier molecular flexibility index (Phi) is 6.65. The lowest BCUT2D eigenvalue weighted by Gasteiger charge is -2.14. The normalized spacial score (nSPS) is 10.6. The Morgan fingerprint density at radius 3 is 2.11 bits per heavy atom. The van der Waals surface area contributed by atoms with E-state index in [1.54, 1.807) is 12.1 Å². The maximum Gasteiger partial charge on any atom is 0.330 e. The number of rotatable bonds is 7. The number of halogens is 1. The number of hydrogen-bond donors (Lipinski definition) is 0. The van der Waals surface area contributed by atoms with Gasteiger partial charge in [0.25, 0.3) is 0 Å². The van der Waals surface area contributed by atoms with Gasteiger partial charge in [0.1, 0.15) is 12.6 Å². The predicted molar refractivity (Wildman–Crippen MR) is 68.7 cm³/mol. The van der Waals surface area contributed by atoms with Crippen molar-refractivity contribution in [3.05, 3.63) is 29.6 Å². The molecule has 0 radical (unpaired) electrons. The maximum absolute atomic E-state index is 10.7. The SMILES string of the molecule is O=P(=O)CN(Cc1cccc(CBr)n1)CP(=O)=O. The molecule has 0 saturated carbocycles. The van der Waals surface area contributed by atoms with Gasteiger partial charge in [0.05, 0.1) is 11.4 Å². The molecule has 0 aliphatic rings. The van der Waals surface area contributed by atoms with Gasteiger partial charge in [-0.1, -0.05) is 22.0 Å². The molecule has 0 spiro atoms. The molecule has 98 valence electrons. The van der Waals surface area contributed by atoms with Gasteiger partial charge < -0.3 is 0 Å². The van der Waals surface area contributed by atoms with Crippen LogP contribution in [0.5, 0.6) is 0 Å². The molecule has 0 amide bonds. The molecule has 0 bridgehead atoms. The highest BCUT2D eigenvalue weighted by Gasteiger charge is 2.12. The fraction of sp³-hybridized carbons (Fsp3) is 0.444. The van der Waals surface area contributed by atoms with E-state index >= 15 is 0 Å². The van der Waals surface area contributed by atoms with E-state index in [1.165, 1.54) is 4.90 Å². The van der Waals surface area contributed by atoms with Crippen molar-refractivity contribution in [1.29, 1.82) is 0 Å². The van der Waals surface area contributed by atoms with Crippen LogP contribution in [0.1, 0.15) is 11.4 Å². The Morgan fingerprint density at radius 1 is 1.06 bits per heavy atom. The van der Waals surface area contributed by atoms with Crippen LogP contribution in [0.15, 0.2) is 18.2 Å². The van der Waals surface area contributed by atoms with Crippen molar-refractivity contribution in [2.75, 3.05) is 12.6 Å². The summed E-state index contributed by atoms with van der Waals surface area (Å²) < 4.78 is 42.7. The van der Waals surface area contributed by atoms with Crippen LogP contribution >= 0.6 is 31.3 Å². The van der Waals surface area contributed by atoms with Crippen LogP contribution in [0.25, 0.3) is 0 Å². The van der Waals surface area contributed by atoms with Crippen LogP contribution in [-0.4, -0.2) is 22.5 Å². The highest BCUT2D eigenvalue weighted by atomic mass is 79.9. The van der Waals surface area contributed by atoms with Crippen LogP contribution in [0.4, 0.5) is 0 Å². The van der Waals surface area contributed by atoms with Crippen LogP contribution in [0, 0.1) is 0 Å². The summed E-state index contributed by atoms with van der Waals surface area (Å²) in [5.41, 5.74) is 1.45. The lowest BCUT2D eigenvalue weighted by Crippen LogP contribution is -2.21. The first-order valence-electron chi connectivity index (χ1n) is 4.98. The summed E-state index contributed by atoms with van der Waals surface area (Å²) in [6.07, 6.45) is -0.586. The molecule has 9 heteroatoms. The maximum atomic E-state index is 10.7. The molecule has 0 fully saturated rings. The first-order chi connectivity index (χ1) is 8.51. The van der Waals surface area contributed by atoms with Crippen molar-refractivity contribution in [3.8, 4) is 0 Å². The summed E-state index contributed by atoms with van der Waals surface area (Å²) in [7, 11) is -5.31. The zero-order valence-corrected chi connectivity index (χ0v) is 12.7. The highest BCUT2D eigenvalue weighted by Crippen LogP contribution is 2.16. The minimum Gasteiger partial charge on any atom is -0.271 e. The molecule has 0 N–H and O–H groups in total. The third-order valence-electron chi connectivity index (χ3n) is 2.02. The number of pyridine rings is 1. The molecule has 0 unspecified atom stereocenters. The van der Waals surface area contributed by atoms with Crippen LogP contribution in [0.3, 0.4) is 0 Å². The van der Waals surface area contributed by atoms with E-state index < -0.39 is 15.4 Å². The largest absolute Gasteiger partial charge is 0.330 e. The second-order valence-electron chi connectivity index (χ2n) is 3.53. The van der Waals surface area contributed by atoms with Gasteiger partial charge in [0.2, 0.25) is 0 Å². The standard InChI is InChI=1S/C9H11BrN2O4P2/c10-4-8-2-1-3-9(11-8)5-12(6-17(13)14)7-18(15)16/h1-3H,4-7H2. The zero-order chi connectivity index (χ0) is 13.5. The topological polar surface area (TPSA) is 84.4 Å². The van der Waals surface area contributed by atoms with Crippen LogP contribution in [0.2, 0.25) is 0 Å². The van der Waals surface area contributed by atoms with E-state index in [0.717, 1.165) is 5.69 Å². The van der Waals surface area contributed by atoms with Gasteiger partial charge in [0.15, 0.2) is 0 Å². The van der Waals surface area contributed by atoms with E-state index in [-0.39, 0.29) is 19.1 Å². The molecule has 0 saturated heterocycles. The van der Waals surface area contributed by atoms with E-state index in [0.29, 0.717) is 11.0 Å². The number of alkyl halides is 1. The van der Waals surface area contributed by atoms with Gasteiger partial charge in [-0.05, 0) is 12.1 Å². The van der Waals surface area contributed by atoms with Gasteiger partial charge in [0, 0.05) is 11.9 Å². The molecule has 0 aliphatic carbocycles. The zero-order valence-electron chi connectivity index (χ0n) is 9.36. The van der Waals surface area contributed by atoms with Crippen molar-refractivity contribution in [2.45, 2.75) is 11.9 Å². The summed E-state index contributed by atoms with van der Waals surface area (Å²) in [6, 6.07) is 5.35. The van der Waals surface area contributed by atoms with Gasteiger partial charge >= 0.3 is 15.4 Å². The molecule has 18 heavy (non-hydrogen) atoms. The molecule has 0 atom stereocenters. The summed E-state index contributed by atoms with van der Waals surface area (Å²) in [4.78, 5) is 5.58. The molecule has 1 aromatic heterocycles.